The summed E-state index contributed by atoms with van der Waals surface area (Å²) in [6.07, 6.45) is 2.17. The quantitative estimate of drug-likeness (QED) is 0.380. The standard InChI is InChI=1S/C30H32Cl2N2O6/c1-16(35)38-23-8-6-19-15-24-30(40-17(2)36)10-9-22(28-29(30,11-12-33(24)3)26(19)27(23)39-28)34(4)25(37)14-18-5-7-20(31)21(32)13-18/h5-8,13,22,24,28H,9-12,14-15H2,1-4H3/t22?,24-,28?,29+,30-/m1/s1. The Morgan fingerprint density at radius 2 is 1.88 bits per heavy atom. The van der Waals surface area contributed by atoms with Gasteiger partial charge in [0.2, 0.25) is 5.91 Å². The van der Waals surface area contributed by atoms with Gasteiger partial charge in [-0.25, -0.2) is 0 Å². The summed E-state index contributed by atoms with van der Waals surface area (Å²) in [6, 6.07) is 8.63. The Morgan fingerprint density at radius 3 is 2.58 bits per heavy atom. The number of amides is 1. The minimum atomic E-state index is -0.840. The molecule has 1 saturated heterocycles. The number of halogens is 2. The molecule has 2 aromatic rings. The van der Waals surface area contributed by atoms with Crippen LogP contribution >= 0.6 is 23.2 Å². The molecule has 2 aliphatic heterocycles. The molecule has 212 valence electrons. The van der Waals surface area contributed by atoms with E-state index in [0.717, 1.165) is 23.2 Å². The number of hydrogen-bond donors (Lipinski definition) is 0. The number of nitrogens with zero attached hydrogens (tertiary/aromatic N) is 2. The van der Waals surface area contributed by atoms with E-state index in [1.54, 1.807) is 36.2 Å². The first kappa shape index (κ1) is 27.4. The number of carbonyl (C=O) groups is 3. The van der Waals surface area contributed by atoms with Gasteiger partial charge in [0.25, 0.3) is 0 Å². The van der Waals surface area contributed by atoms with Gasteiger partial charge in [0.05, 0.1) is 34.0 Å². The van der Waals surface area contributed by atoms with E-state index in [4.69, 9.17) is 37.4 Å². The van der Waals surface area contributed by atoms with Crippen molar-refractivity contribution in [1.29, 1.82) is 0 Å². The van der Waals surface area contributed by atoms with E-state index >= 15 is 0 Å². The number of likely N-dealkylation sites (tertiary alicyclic amines) is 1. The summed E-state index contributed by atoms with van der Waals surface area (Å²) in [5.74, 6) is 0.0112. The summed E-state index contributed by atoms with van der Waals surface area (Å²) in [5.41, 5.74) is 1.28. The molecule has 2 unspecified atom stereocenters. The summed E-state index contributed by atoms with van der Waals surface area (Å²) in [7, 11) is 3.88. The van der Waals surface area contributed by atoms with Crippen molar-refractivity contribution in [3.63, 3.8) is 0 Å². The normalized spacial score (nSPS) is 29.7. The maximum Gasteiger partial charge on any atom is 0.308 e. The molecule has 1 saturated carbocycles. The third kappa shape index (κ3) is 3.86. The highest BCUT2D eigenvalue weighted by Gasteiger charge is 2.75. The second kappa shape index (κ2) is 9.64. The van der Waals surface area contributed by atoms with E-state index < -0.39 is 23.1 Å². The van der Waals surface area contributed by atoms with Crippen molar-refractivity contribution < 1.29 is 28.6 Å². The predicted molar refractivity (Wildman–Crippen MR) is 149 cm³/mol. The molecule has 2 heterocycles. The van der Waals surface area contributed by atoms with Crippen molar-refractivity contribution in [1.82, 2.24) is 9.80 Å². The SMILES string of the molecule is CC(=O)Oc1ccc2c3c1OC1C(N(C)C(=O)Cc4ccc(Cl)c(Cl)c4)CC[C@@]4(OC(C)=O)[C@@H](C2)N(C)CC[C@]314. The lowest BCUT2D eigenvalue weighted by Gasteiger charge is -2.65. The fourth-order valence-electron chi connectivity index (χ4n) is 7.92. The highest BCUT2D eigenvalue weighted by atomic mass is 35.5. The Bertz CT molecular complexity index is 1430. The van der Waals surface area contributed by atoms with Gasteiger partial charge in [0.15, 0.2) is 11.5 Å². The molecule has 2 aromatic carbocycles. The molecule has 0 N–H and O–H groups in total. The van der Waals surface area contributed by atoms with Crippen molar-refractivity contribution in [2.24, 2.45) is 0 Å². The fraction of sp³-hybridized carbons (Fsp3) is 0.500. The maximum atomic E-state index is 13.7. The van der Waals surface area contributed by atoms with Crippen LogP contribution in [-0.4, -0.2) is 72.1 Å². The van der Waals surface area contributed by atoms with Crippen LogP contribution in [0.2, 0.25) is 10.0 Å². The molecule has 0 aromatic heterocycles. The first-order chi connectivity index (χ1) is 19.0. The lowest BCUT2D eigenvalue weighted by molar-refractivity contribution is -0.221. The molecule has 6 rings (SSSR count). The van der Waals surface area contributed by atoms with Crippen LogP contribution in [-0.2, 0) is 37.4 Å². The topological polar surface area (TPSA) is 85.4 Å². The molecule has 2 bridgehead atoms. The number of benzene rings is 2. The van der Waals surface area contributed by atoms with Gasteiger partial charge in [-0.2, -0.15) is 0 Å². The van der Waals surface area contributed by atoms with Gasteiger partial charge in [-0.05, 0) is 68.6 Å². The minimum absolute atomic E-state index is 0.0487. The number of ether oxygens (including phenoxy) is 3. The van der Waals surface area contributed by atoms with E-state index in [9.17, 15) is 14.4 Å². The zero-order valence-electron chi connectivity index (χ0n) is 23.0. The monoisotopic (exact) mass is 586 g/mol. The van der Waals surface area contributed by atoms with Gasteiger partial charge in [-0.3, -0.25) is 19.3 Å². The van der Waals surface area contributed by atoms with Crippen LogP contribution in [0.4, 0.5) is 0 Å². The molecule has 10 heteroatoms. The lowest BCUT2D eigenvalue weighted by atomic mass is 9.48. The number of piperidine rings is 1. The van der Waals surface area contributed by atoms with Gasteiger partial charge in [0.1, 0.15) is 11.7 Å². The van der Waals surface area contributed by atoms with E-state index in [0.29, 0.717) is 47.2 Å². The maximum absolute atomic E-state index is 13.7. The van der Waals surface area contributed by atoms with Crippen LogP contribution in [0.3, 0.4) is 0 Å². The van der Waals surface area contributed by atoms with Crippen molar-refractivity contribution in [2.75, 3.05) is 20.6 Å². The van der Waals surface area contributed by atoms with Crippen LogP contribution < -0.4 is 9.47 Å². The van der Waals surface area contributed by atoms with E-state index in [1.807, 2.05) is 6.07 Å². The second-order valence-electron chi connectivity index (χ2n) is 11.5. The van der Waals surface area contributed by atoms with Crippen molar-refractivity contribution >= 4 is 41.0 Å². The van der Waals surface area contributed by atoms with E-state index in [1.165, 1.54) is 13.8 Å². The average molecular weight is 588 g/mol. The molecule has 2 aliphatic carbocycles. The molecular formula is C30H32Cl2N2O6. The zero-order valence-corrected chi connectivity index (χ0v) is 24.5. The van der Waals surface area contributed by atoms with Gasteiger partial charge in [-0.1, -0.05) is 35.3 Å². The molecule has 0 radical (unpaired) electrons. The Balaban J connectivity index is 1.45. The predicted octanol–water partition coefficient (Wildman–Crippen LogP) is 4.34. The number of likely N-dealkylation sites (N-methyl/N-ethyl adjacent to an activating group) is 2. The molecule has 1 spiro atoms. The van der Waals surface area contributed by atoms with E-state index in [2.05, 4.69) is 11.9 Å². The van der Waals surface area contributed by atoms with Gasteiger partial charge in [0, 0.05) is 26.5 Å². The number of carbonyl (C=O) groups excluding carboxylic acids is 3. The highest BCUT2D eigenvalue weighted by molar-refractivity contribution is 6.42. The summed E-state index contributed by atoms with van der Waals surface area (Å²) in [5, 5.41) is 0.835. The summed E-state index contributed by atoms with van der Waals surface area (Å²) in [6.45, 7) is 3.59. The molecule has 8 nitrogen and oxygen atoms in total. The minimum Gasteiger partial charge on any atom is -0.483 e. The average Bonchev–Trinajstić information content (AvgIpc) is 3.24. The summed E-state index contributed by atoms with van der Waals surface area (Å²) < 4.78 is 18.8. The Hall–Kier alpha value is -2.81. The molecule has 5 atom stereocenters. The Labute approximate surface area is 243 Å². The molecule has 2 fully saturated rings. The van der Waals surface area contributed by atoms with Crippen molar-refractivity contribution in [2.45, 2.75) is 75.2 Å². The first-order valence-electron chi connectivity index (χ1n) is 13.6. The van der Waals surface area contributed by atoms with Gasteiger partial charge >= 0.3 is 11.9 Å². The van der Waals surface area contributed by atoms with Crippen LogP contribution in [0, 0.1) is 0 Å². The zero-order chi connectivity index (χ0) is 28.6. The first-order valence-corrected chi connectivity index (χ1v) is 14.3. The van der Waals surface area contributed by atoms with Crippen LogP contribution in [0.5, 0.6) is 11.5 Å². The van der Waals surface area contributed by atoms with E-state index in [-0.39, 0.29) is 30.4 Å². The number of hydrogen-bond acceptors (Lipinski definition) is 7. The highest BCUT2D eigenvalue weighted by Crippen LogP contribution is 2.67. The Morgan fingerprint density at radius 1 is 1.10 bits per heavy atom. The van der Waals surface area contributed by atoms with Gasteiger partial charge in [-0.15, -0.1) is 0 Å². The Kier molecular flexibility index (Phi) is 6.59. The summed E-state index contributed by atoms with van der Waals surface area (Å²) in [4.78, 5) is 42.4. The molecule has 4 aliphatic rings. The third-order valence-corrected chi connectivity index (χ3v) is 10.2. The van der Waals surface area contributed by atoms with Crippen LogP contribution in [0.25, 0.3) is 0 Å². The van der Waals surface area contributed by atoms with Crippen molar-refractivity contribution in [3.05, 3.63) is 57.1 Å². The summed E-state index contributed by atoms with van der Waals surface area (Å²) >= 11 is 12.3. The third-order valence-electron chi connectivity index (χ3n) is 9.45. The fourth-order valence-corrected chi connectivity index (χ4v) is 8.24. The molecular weight excluding hydrogens is 555 g/mol. The second-order valence-corrected chi connectivity index (χ2v) is 12.3. The number of esters is 2. The van der Waals surface area contributed by atoms with Crippen LogP contribution in [0.1, 0.15) is 49.8 Å². The van der Waals surface area contributed by atoms with Crippen molar-refractivity contribution in [3.8, 4) is 11.5 Å². The molecule has 40 heavy (non-hydrogen) atoms. The molecule has 1 amide bonds. The largest absolute Gasteiger partial charge is 0.483 e. The van der Waals surface area contributed by atoms with Crippen LogP contribution in [0.15, 0.2) is 30.3 Å². The van der Waals surface area contributed by atoms with Gasteiger partial charge < -0.3 is 19.1 Å². The smallest absolute Gasteiger partial charge is 0.308 e. The lowest BCUT2D eigenvalue weighted by Crippen LogP contribution is -2.78. The number of rotatable bonds is 5.